The molecule has 0 amide bonds. The Kier molecular flexibility index (Phi) is 4.52. The average molecular weight is 95.1 g/mol. The van der Waals surface area contributed by atoms with Gasteiger partial charge in [0.25, 0.3) is 0 Å². The van der Waals surface area contributed by atoms with Gasteiger partial charge >= 0.3 is 0 Å². The Morgan fingerprint density at radius 3 is 2.57 bits per heavy atom. The second-order valence-electron chi connectivity index (χ2n) is 1.05. The highest BCUT2D eigenvalue weighted by Crippen LogP contribution is 1.73. The summed E-state index contributed by atoms with van der Waals surface area (Å²) in [6.07, 6.45) is 7.30. The van der Waals surface area contributed by atoms with E-state index < -0.39 is 0 Å². The van der Waals surface area contributed by atoms with E-state index >= 15 is 0 Å². The minimum absolute atomic E-state index is 1.64. The molecule has 0 aliphatic carbocycles. The van der Waals surface area contributed by atoms with Gasteiger partial charge in [-0.15, -0.1) is 0 Å². The number of rotatable bonds is 2. The molecule has 0 aliphatic heterocycles. The van der Waals surface area contributed by atoms with Crippen LogP contribution in [0.4, 0.5) is 0 Å². The van der Waals surface area contributed by atoms with Gasteiger partial charge in [-0.1, -0.05) is 12.2 Å². The molecule has 1 nitrogen and oxygen atoms in total. The first-order valence-electron chi connectivity index (χ1n) is 2.15. The summed E-state index contributed by atoms with van der Waals surface area (Å²) in [5.74, 6) is 0. The fourth-order valence-corrected chi connectivity index (χ4v) is 0.222. The molecule has 0 spiro atoms. The molecule has 7 heavy (non-hydrogen) atoms. The van der Waals surface area contributed by atoms with Crippen LogP contribution in [-0.2, 0) is 0 Å². The molecule has 0 aromatic rings. The van der Waals surface area contributed by atoms with Gasteiger partial charge in [0.2, 0.25) is 0 Å². The molecule has 0 atom stereocenters. The number of hydrogen-bond donors (Lipinski definition) is 0. The fourth-order valence-electron chi connectivity index (χ4n) is 0.222. The van der Waals surface area contributed by atoms with Crippen molar-refractivity contribution in [2.24, 2.45) is 4.99 Å². The second kappa shape index (κ2) is 5.15. The summed E-state index contributed by atoms with van der Waals surface area (Å²) in [4.78, 5) is 3.49. The Hall–Kier alpha value is -0.850. The smallest absolute Gasteiger partial charge is 0.0260 e. The SMILES string of the molecule is C=NC=CC=CC. The van der Waals surface area contributed by atoms with Gasteiger partial charge in [0, 0.05) is 6.20 Å². The predicted octanol–water partition coefficient (Wildman–Crippen LogP) is 1.78. The van der Waals surface area contributed by atoms with E-state index in [1.807, 2.05) is 25.2 Å². The molecule has 0 unspecified atom stereocenters. The minimum Gasteiger partial charge on any atom is -0.273 e. The van der Waals surface area contributed by atoms with Gasteiger partial charge in [0.05, 0.1) is 0 Å². The number of nitrogens with zero attached hydrogens (tertiary/aromatic N) is 1. The summed E-state index contributed by atoms with van der Waals surface area (Å²) in [6, 6.07) is 0. The quantitative estimate of drug-likeness (QED) is 0.366. The van der Waals surface area contributed by atoms with E-state index in [4.69, 9.17) is 0 Å². The summed E-state index contributed by atoms with van der Waals surface area (Å²) in [5, 5.41) is 0. The van der Waals surface area contributed by atoms with E-state index in [-0.39, 0.29) is 0 Å². The van der Waals surface area contributed by atoms with E-state index in [9.17, 15) is 0 Å². The van der Waals surface area contributed by atoms with Crippen LogP contribution in [0, 0.1) is 0 Å². The Labute approximate surface area is 44.1 Å². The monoisotopic (exact) mass is 95.1 g/mol. The van der Waals surface area contributed by atoms with E-state index in [2.05, 4.69) is 11.7 Å². The summed E-state index contributed by atoms with van der Waals surface area (Å²) >= 11 is 0. The summed E-state index contributed by atoms with van der Waals surface area (Å²) in [7, 11) is 0. The highest BCUT2D eigenvalue weighted by molar-refractivity contribution is 5.26. The van der Waals surface area contributed by atoms with Gasteiger partial charge in [-0.25, -0.2) is 0 Å². The summed E-state index contributed by atoms with van der Waals surface area (Å²) in [5.41, 5.74) is 0. The van der Waals surface area contributed by atoms with Gasteiger partial charge in [-0.05, 0) is 19.7 Å². The molecule has 0 saturated carbocycles. The minimum atomic E-state index is 1.64. The topological polar surface area (TPSA) is 12.4 Å². The normalized spacial score (nSPS) is 11.0. The molecule has 0 rings (SSSR count). The van der Waals surface area contributed by atoms with E-state index in [0.29, 0.717) is 0 Å². The Morgan fingerprint density at radius 1 is 1.43 bits per heavy atom. The van der Waals surface area contributed by atoms with Gasteiger partial charge < -0.3 is 0 Å². The lowest BCUT2D eigenvalue weighted by Crippen LogP contribution is -1.44. The van der Waals surface area contributed by atoms with E-state index in [1.165, 1.54) is 0 Å². The first-order chi connectivity index (χ1) is 3.41. The van der Waals surface area contributed by atoms with E-state index in [0.717, 1.165) is 0 Å². The number of hydrogen-bond acceptors (Lipinski definition) is 1. The fraction of sp³-hybridized carbons (Fsp3) is 0.167. The maximum atomic E-state index is 3.49. The van der Waals surface area contributed by atoms with Crippen LogP contribution in [-0.4, -0.2) is 6.72 Å². The number of allylic oxidation sites excluding steroid dienone is 3. The van der Waals surface area contributed by atoms with Gasteiger partial charge in [-0.2, -0.15) is 0 Å². The third-order valence-corrected chi connectivity index (χ3v) is 0.495. The standard InChI is InChI=1S/C6H9N/c1-3-4-5-6-7-2/h3-6H,2H2,1H3. The third kappa shape index (κ3) is 5.15. The maximum Gasteiger partial charge on any atom is 0.0260 e. The van der Waals surface area contributed by atoms with Crippen molar-refractivity contribution in [2.45, 2.75) is 6.92 Å². The third-order valence-electron chi connectivity index (χ3n) is 0.495. The summed E-state index contributed by atoms with van der Waals surface area (Å²) < 4.78 is 0. The van der Waals surface area contributed by atoms with Crippen molar-refractivity contribution in [2.75, 3.05) is 0 Å². The molecule has 1 heteroatoms. The van der Waals surface area contributed by atoms with Crippen LogP contribution >= 0.6 is 0 Å². The van der Waals surface area contributed by atoms with Gasteiger partial charge in [0.1, 0.15) is 0 Å². The van der Waals surface area contributed by atoms with Crippen LogP contribution < -0.4 is 0 Å². The lowest BCUT2D eigenvalue weighted by Gasteiger charge is -1.65. The highest BCUT2D eigenvalue weighted by Gasteiger charge is 1.52. The first kappa shape index (κ1) is 6.15. The lowest BCUT2D eigenvalue weighted by molar-refractivity contribution is 1.60. The molecule has 0 radical (unpaired) electrons. The van der Waals surface area contributed by atoms with Crippen molar-refractivity contribution in [3.63, 3.8) is 0 Å². The lowest BCUT2D eigenvalue weighted by atomic mass is 10.5. The Bertz CT molecular complexity index is 90.4. The molecule has 0 aromatic heterocycles. The molecular formula is C6H9N. The molecule has 38 valence electrons. The summed E-state index contributed by atoms with van der Waals surface area (Å²) in [6.45, 7) is 5.21. The molecule has 0 heterocycles. The van der Waals surface area contributed by atoms with Gasteiger partial charge in [-0.3, -0.25) is 4.99 Å². The zero-order valence-corrected chi connectivity index (χ0v) is 4.46. The van der Waals surface area contributed by atoms with Crippen LogP contribution in [0.1, 0.15) is 6.92 Å². The first-order valence-corrected chi connectivity index (χ1v) is 2.15. The largest absolute Gasteiger partial charge is 0.273 e. The second-order valence-corrected chi connectivity index (χ2v) is 1.05. The molecule has 0 N–H and O–H groups in total. The molecular weight excluding hydrogens is 86.1 g/mol. The maximum absolute atomic E-state index is 3.49. The number of aliphatic imine (C=N–C) groups is 1. The Morgan fingerprint density at radius 2 is 2.14 bits per heavy atom. The zero-order chi connectivity index (χ0) is 5.54. The molecule has 0 aromatic carbocycles. The predicted molar refractivity (Wildman–Crippen MR) is 33.5 cm³/mol. The Balaban J connectivity index is 3.27. The molecule has 0 aliphatic rings. The molecule has 0 bridgehead atoms. The van der Waals surface area contributed by atoms with Crippen LogP contribution in [0.25, 0.3) is 0 Å². The van der Waals surface area contributed by atoms with Crippen molar-refractivity contribution >= 4 is 6.72 Å². The van der Waals surface area contributed by atoms with Crippen molar-refractivity contribution in [1.29, 1.82) is 0 Å². The van der Waals surface area contributed by atoms with Crippen molar-refractivity contribution in [1.82, 2.24) is 0 Å². The van der Waals surface area contributed by atoms with Crippen molar-refractivity contribution < 1.29 is 0 Å². The van der Waals surface area contributed by atoms with Crippen LogP contribution in [0.5, 0.6) is 0 Å². The zero-order valence-electron chi connectivity index (χ0n) is 4.46. The molecule has 0 fully saturated rings. The van der Waals surface area contributed by atoms with Crippen LogP contribution in [0.2, 0.25) is 0 Å². The van der Waals surface area contributed by atoms with Crippen molar-refractivity contribution in [3.05, 3.63) is 24.4 Å². The molecule has 0 saturated heterocycles. The average Bonchev–Trinajstić information content (AvgIpc) is 1.69. The van der Waals surface area contributed by atoms with Crippen LogP contribution in [0.15, 0.2) is 29.4 Å². The van der Waals surface area contributed by atoms with Gasteiger partial charge in [0.15, 0.2) is 0 Å². The highest BCUT2D eigenvalue weighted by atomic mass is 14.6. The van der Waals surface area contributed by atoms with Crippen LogP contribution in [0.3, 0.4) is 0 Å². The van der Waals surface area contributed by atoms with Crippen molar-refractivity contribution in [3.8, 4) is 0 Å². The van der Waals surface area contributed by atoms with E-state index in [1.54, 1.807) is 6.20 Å².